The van der Waals surface area contributed by atoms with Crippen molar-refractivity contribution in [2.75, 3.05) is 10.6 Å². The van der Waals surface area contributed by atoms with Crippen molar-refractivity contribution in [2.24, 2.45) is 0 Å². The van der Waals surface area contributed by atoms with Crippen LogP contribution in [0.4, 0.5) is 22.7 Å². The number of hydrogen-bond donors (Lipinski definition) is 3. The molecule has 0 amide bonds. The van der Waals surface area contributed by atoms with Crippen LogP contribution in [-0.4, -0.2) is 11.1 Å². The number of halogens is 1. The van der Waals surface area contributed by atoms with Gasteiger partial charge in [-0.1, -0.05) is 34.1 Å². The number of anilines is 4. The van der Waals surface area contributed by atoms with E-state index in [1.807, 2.05) is 6.07 Å². The summed E-state index contributed by atoms with van der Waals surface area (Å²) < 4.78 is 0.817. The largest absolute Gasteiger partial charge is 0.478 e. The van der Waals surface area contributed by atoms with E-state index in [1.54, 1.807) is 37.3 Å². The van der Waals surface area contributed by atoms with Crippen molar-refractivity contribution in [3.05, 3.63) is 78.5 Å². The van der Waals surface area contributed by atoms with Gasteiger partial charge in [-0.05, 0) is 36.8 Å². The van der Waals surface area contributed by atoms with Crippen LogP contribution in [0.5, 0.6) is 0 Å². The van der Waals surface area contributed by atoms with Gasteiger partial charge in [0.2, 0.25) is 0 Å². The molecule has 0 unspecified atom stereocenters. The Morgan fingerprint density at radius 3 is 2.24 bits per heavy atom. The number of nitrogens with one attached hydrogen (secondary N) is 2. The van der Waals surface area contributed by atoms with E-state index in [0.717, 1.165) is 4.47 Å². The topological polar surface area (TPSA) is 95.5 Å². The number of rotatable bonds is 5. The highest BCUT2D eigenvalue weighted by Crippen LogP contribution is 2.29. The molecule has 0 spiro atoms. The van der Waals surface area contributed by atoms with Crippen LogP contribution in [0.15, 0.2) is 56.5 Å². The summed E-state index contributed by atoms with van der Waals surface area (Å²) in [5, 5.41) is 15.0. The lowest BCUT2D eigenvalue weighted by Crippen LogP contribution is -2.36. The van der Waals surface area contributed by atoms with Crippen molar-refractivity contribution in [1.29, 1.82) is 0 Å². The van der Waals surface area contributed by atoms with Gasteiger partial charge in [-0.15, -0.1) is 0 Å². The lowest BCUT2D eigenvalue weighted by Gasteiger charge is -2.17. The predicted molar refractivity (Wildman–Crippen MR) is 100 cm³/mol. The van der Waals surface area contributed by atoms with E-state index in [0.29, 0.717) is 16.9 Å². The second-order valence-electron chi connectivity index (χ2n) is 5.47. The highest BCUT2D eigenvalue weighted by molar-refractivity contribution is 9.10. The number of carbonyl (C=O) groups is 1. The molecule has 7 heteroatoms. The van der Waals surface area contributed by atoms with Crippen LogP contribution in [0.3, 0.4) is 0 Å². The highest BCUT2D eigenvalue weighted by atomic mass is 79.9. The van der Waals surface area contributed by atoms with Crippen molar-refractivity contribution in [2.45, 2.75) is 6.92 Å². The first-order valence-electron chi connectivity index (χ1n) is 7.34. The van der Waals surface area contributed by atoms with E-state index < -0.39 is 16.8 Å². The van der Waals surface area contributed by atoms with Crippen molar-refractivity contribution in [1.82, 2.24) is 0 Å². The minimum atomic E-state index is -1.12. The molecular formula is C18H13BrN2O4. The number of carboxylic acid groups (broad SMARTS) is 1. The SMILES string of the molecule is Cc1cccc(C(=O)O)c1Nc1c(Nc2cccc(Br)c2)c(=O)c1=O. The Morgan fingerprint density at radius 1 is 0.960 bits per heavy atom. The fourth-order valence-corrected chi connectivity index (χ4v) is 2.88. The number of para-hydroxylation sites is 1. The van der Waals surface area contributed by atoms with Gasteiger partial charge in [0.1, 0.15) is 11.4 Å². The molecule has 0 saturated carbocycles. The maximum absolute atomic E-state index is 12.0. The van der Waals surface area contributed by atoms with Gasteiger partial charge >= 0.3 is 5.97 Å². The summed E-state index contributed by atoms with van der Waals surface area (Å²) in [5.41, 5.74) is 0.449. The smallest absolute Gasteiger partial charge is 0.337 e. The summed E-state index contributed by atoms with van der Waals surface area (Å²) in [6.07, 6.45) is 0. The molecule has 0 radical (unpaired) electrons. The molecule has 0 atom stereocenters. The first-order chi connectivity index (χ1) is 11.9. The molecule has 0 saturated heterocycles. The first kappa shape index (κ1) is 16.9. The standard InChI is InChI=1S/C18H13BrN2O4/c1-9-4-2-7-12(18(24)25)13(9)21-15-14(16(22)17(15)23)20-11-6-3-5-10(19)8-11/h2-8,20-21H,1H3,(H,24,25). The zero-order valence-electron chi connectivity index (χ0n) is 13.1. The van der Waals surface area contributed by atoms with Crippen LogP contribution in [0, 0.1) is 6.92 Å². The van der Waals surface area contributed by atoms with Gasteiger partial charge in [0.15, 0.2) is 0 Å². The van der Waals surface area contributed by atoms with Crippen molar-refractivity contribution >= 4 is 44.6 Å². The third kappa shape index (κ3) is 3.18. The quantitative estimate of drug-likeness (QED) is 0.566. The average Bonchev–Trinajstić information content (AvgIpc) is 2.58. The van der Waals surface area contributed by atoms with Crippen molar-refractivity contribution in [3.63, 3.8) is 0 Å². The molecule has 0 aliphatic carbocycles. The van der Waals surface area contributed by atoms with Gasteiger partial charge in [0.05, 0.1) is 11.3 Å². The summed E-state index contributed by atoms with van der Waals surface area (Å²) in [5.74, 6) is -1.12. The lowest BCUT2D eigenvalue weighted by atomic mass is 10.1. The number of aryl methyl sites for hydroxylation is 1. The van der Waals surface area contributed by atoms with Crippen LogP contribution in [0.1, 0.15) is 15.9 Å². The van der Waals surface area contributed by atoms with Crippen molar-refractivity contribution in [3.8, 4) is 0 Å². The fourth-order valence-electron chi connectivity index (χ4n) is 2.48. The van der Waals surface area contributed by atoms with E-state index >= 15 is 0 Å². The van der Waals surface area contributed by atoms with Crippen LogP contribution in [0.25, 0.3) is 0 Å². The zero-order valence-corrected chi connectivity index (χ0v) is 14.7. The summed E-state index contributed by atoms with van der Waals surface area (Å²) in [6, 6.07) is 11.9. The maximum Gasteiger partial charge on any atom is 0.337 e. The summed E-state index contributed by atoms with van der Waals surface area (Å²) in [7, 11) is 0. The Balaban J connectivity index is 1.99. The normalized spacial score (nSPS) is 10.6. The van der Waals surface area contributed by atoms with Crippen LogP contribution >= 0.6 is 15.9 Å². The van der Waals surface area contributed by atoms with Gasteiger partial charge in [-0.25, -0.2) is 4.79 Å². The third-order valence-electron chi connectivity index (χ3n) is 3.76. The van der Waals surface area contributed by atoms with Crippen LogP contribution in [0.2, 0.25) is 0 Å². The second-order valence-corrected chi connectivity index (χ2v) is 6.39. The Bertz CT molecular complexity index is 1050. The average molecular weight is 401 g/mol. The van der Waals surface area contributed by atoms with E-state index in [1.165, 1.54) is 6.07 Å². The van der Waals surface area contributed by atoms with E-state index in [4.69, 9.17) is 0 Å². The van der Waals surface area contributed by atoms with Gasteiger partial charge in [0, 0.05) is 10.2 Å². The first-order valence-corrected chi connectivity index (χ1v) is 8.13. The van der Waals surface area contributed by atoms with Gasteiger partial charge in [-0.2, -0.15) is 0 Å². The molecule has 126 valence electrons. The molecular weight excluding hydrogens is 388 g/mol. The van der Waals surface area contributed by atoms with Gasteiger partial charge in [-0.3, -0.25) is 9.59 Å². The summed E-state index contributed by atoms with van der Waals surface area (Å²) >= 11 is 3.33. The van der Waals surface area contributed by atoms with Crippen molar-refractivity contribution < 1.29 is 9.90 Å². The molecule has 0 bridgehead atoms. The molecule has 25 heavy (non-hydrogen) atoms. The lowest BCUT2D eigenvalue weighted by molar-refractivity contribution is 0.0698. The number of hydrogen-bond acceptors (Lipinski definition) is 5. The van der Waals surface area contributed by atoms with E-state index in [9.17, 15) is 19.5 Å². The third-order valence-corrected chi connectivity index (χ3v) is 4.25. The number of benzene rings is 2. The molecule has 0 aromatic heterocycles. The molecule has 3 N–H and O–H groups in total. The van der Waals surface area contributed by atoms with Gasteiger partial charge < -0.3 is 15.7 Å². The molecule has 0 aliphatic heterocycles. The second kappa shape index (κ2) is 6.52. The zero-order chi connectivity index (χ0) is 18.1. The Labute approximate surface area is 151 Å². The minimum Gasteiger partial charge on any atom is -0.478 e. The number of carboxylic acids is 1. The summed E-state index contributed by atoms with van der Waals surface area (Å²) in [4.78, 5) is 35.3. The number of aromatic carboxylic acids is 1. The summed E-state index contributed by atoms with van der Waals surface area (Å²) in [6.45, 7) is 1.72. The molecule has 3 aromatic rings. The molecule has 0 aliphatic rings. The highest BCUT2D eigenvalue weighted by Gasteiger charge is 2.23. The molecule has 3 aromatic carbocycles. The Kier molecular flexibility index (Phi) is 4.41. The molecule has 6 nitrogen and oxygen atoms in total. The van der Waals surface area contributed by atoms with Gasteiger partial charge in [0.25, 0.3) is 10.9 Å². The predicted octanol–water partition coefficient (Wildman–Crippen LogP) is 3.54. The Morgan fingerprint density at radius 2 is 1.60 bits per heavy atom. The van der Waals surface area contributed by atoms with Crippen LogP contribution in [-0.2, 0) is 0 Å². The molecule has 0 heterocycles. The molecule has 0 fully saturated rings. The minimum absolute atomic E-state index is 0.0291. The van der Waals surface area contributed by atoms with E-state index in [-0.39, 0.29) is 16.9 Å². The molecule has 3 rings (SSSR count). The van der Waals surface area contributed by atoms with Crippen LogP contribution < -0.4 is 21.5 Å². The monoisotopic (exact) mass is 400 g/mol. The fraction of sp³-hybridized carbons (Fsp3) is 0.0556. The van der Waals surface area contributed by atoms with E-state index in [2.05, 4.69) is 26.6 Å². The Hall–Kier alpha value is -2.93. The maximum atomic E-state index is 12.0.